The molecule has 21 heavy (non-hydrogen) atoms. The number of thiophene rings is 1. The minimum Gasteiger partial charge on any atom is -0.357 e. The van der Waals surface area contributed by atoms with E-state index in [-0.39, 0.29) is 0 Å². The molecule has 0 fully saturated rings. The highest BCUT2D eigenvalue weighted by atomic mass is 32.1. The first kappa shape index (κ1) is 16.0. The molecule has 0 aliphatic heterocycles. The number of aryl methyl sites for hydroxylation is 2. The Bertz CT molecular complexity index is 546. The third-order valence-corrected chi connectivity index (χ3v) is 4.73. The molecule has 2 aromatic heterocycles. The van der Waals surface area contributed by atoms with E-state index in [0.717, 1.165) is 44.1 Å². The van der Waals surface area contributed by atoms with Gasteiger partial charge < -0.3 is 10.6 Å². The molecule has 0 spiro atoms. The van der Waals surface area contributed by atoms with E-state index < -0.39 is 0 Å². The van der Waals surface area contributed by atoms with E-state index >= 15 is 0 Å². The normalized spacial score (nSPS) is 11.6. The van der Waals surface area contributed by atoms with Gasteiger partial charge in [-0.2, -0.15) is 0 Å². The van der Waals surface area contributed by atoms with Crippen molar-refractivity contribution in [1.29, 1.82) is 0 Å². The summed E-state index contributed by atoms with van der Waals surface area (Å²) in [5.41, 5.74) is 1.12. The fraction of sp³-hybridized carbons (Fsp3) is 0.467. The number of nitrogens with zero attached hydrogens (tertiary/aromatic N) is 2. The second kappa shape index (κ2) is 8.79. The Morgan fingerprint density at radius 2 is 2.24 bits per heavy atom. The summed E-state index contributed by atoms with van der Waals surface area (Å²) >= 11 is 3.49. The van der Waals surface area contributed by atoms with Crippen molar-refractivity contribution in [1.82, 2.24) is 15.6 Å². The molecule has 0 aliphatic rings. The molecule has 2 rings (SSSR count). The third kappa shape index (κ3) is 5.85. The van der Waals surface area contributed by atoms with E-state index in [2.05, 4.69) is 50.4 Å². The van der Waals surface area contributed by atoms with Gasteiger partial charge in [-0.05, 0) is 31.7 Å². The number of guanidine groups is 1. The van der Waals surface area contributed by atoms with Crippen molar-refractivity contribution in [2.45, 2.75) is 33.2 Å². The summed E-state index contributed by atoms with van der Waals surface area (Å²) < 4.78 is 0. The predicted octanol–water partition coefficient (Wildman–Crippen LogP) is 3.20. The topological polar surface area (TPSA) is 49.3 Å². The molecule has 2 heterocycles. The van der Waals surface area contributed by atoms with Crippen LogP contribution in [0.2, 0.25) is 0 Å². The average Bonchev–Trinajstić information content (AvgIpc) is 3.12. The molecular weight excluding hydrogens is 300 g/mol. The van der Waals surface area contributed by atoms with Gasteiger partial charge in [-0.15, -0.1) is 22.7 Å². The number of hydrogen-bond acceptors (Lipinski definition) is 4. The van der Waals surface area contributed by atoms with Gasteiger partial charge in [0.15, 0.2) is 5.96 Å². The molecule has 6 heteroatoms. The van der Waals surface area contributed by atoms with Crippen LogP contribution >= 0.6 is 22.7 Å². The van der Waals surface area contributed by atoms with Gasteiger partial charge in [-0.25, -0.2) is 9.98 Å². The van der Waals surface area contributed by atoms with Gasteiger partial charge in [-0.1, -0.05) is 6.07 Å². The van der Waals surface area contributed by atoms with Gasteiger partial charge in [0.05, 0.1) is 11.6 Å². The van der Waals surface area contributed by atoms with Crippen LogP contribution in [0.15, 0.2) is 27.9 Å². The van der Waals surface area contributed by atoms with Crippen LogP contribution in [-0.4, -0.2) is 24.0 Å². The molecule has 0 saturated carbocycles. The number of hydrogen-bond donors (Lipinski definition) is 2. The van der Waals surface area contributed by atoms with E-state index in [1.807, 2.05) is 6.92 Å². The van der Waals surface area contributed by atoms with E-state index in [4.69, 9.17) is 0 Å². The van der Waals surface area contributed by atoms with Gasteiger partial charge in [-0.3, -0.25) is 0 Å². The highest BCUT2D eigenvalue weighted by Gasteiger charge is 2.00. The fourth-order valence-corrected chi connectivity index (χ4v) is 3.31. The van der Waals surface area contributed by atoms with E-state index in [0.29, 0.717) is 0 Å². The Hall–Kier alpha value is -1.40. The highest BCUT2D eigenvalue weighted by Crippen LogP contribution is 2.10. The maximum absolute atomic E-state index is 4.60. The molecular formula is C15H22N4S2. The number of nitrogens with one attached hydrogen (secondary N) is 2. The van der Waals surface area contributed by atoms with Crippen molar-refractivity contribution in [2.24, 2.45) is 4.99 Å². The summed E-state index contributed by atoms with van der Waals surface area (Å²) in [6.07, 6.45) is 2.09. The zero-order valence-corrected chi connectivity index (χ0v) is 14.2. The monoisotopic (exact) mass is 322 g/mol. The lowest BCUT2D eigenvalue weighted by Gasteiger charge is -2.10. The second-order valence-corrected chi connectivity index (χ2v) is 6.66. The van der Waals surface area contributed by atoms with Crippen molar-refractivity contribution < 1.29 is 0 Å². The van der Waals surface area contributed by atoms with E-state index in [1.54, 1.807) is 22.7 Å². The number of aromatic nitrogens is 1. The molecule has 2 N–H and O–H groups in total. The number of aliphatic imine (C=N–C) groups is 1. The Labute approximate surface area is 134 Å². The van der Waals surface area contributed by atoms with E-state index in [9.17, 15) is 0 Å². The van der Waals surface area contributed by atoms with Crippen molar-refractivity contribution in [3.05, 3.63) is 38.5 Å². The first-order chi connectivity index (χ1) is 10.3. The second-order valence-electron chi connectivity index (χ2n) is 4.69. The lowest BCUT2D eigenvalue weighted by atomic mass is 10.3. The quantitative estimate of drug-likeness (QED) is 0.467. The summed E-state index contributed by atoms with van der Waals surface area (Å²) in [5, 5.41) is 12.1. The van der Waals surface area contributed by atoms with Crippen LogP contribution in [0.5, 0.6) is 0 Å². The smallest absolute Gasteiger partial charge is 0.191 e. The molecule has 0 radical (unpaired) electrons. The standard InChI is InChI=1S/C15H22N4S2/c1-3-16-15(18-10-13-6-5-9-20-13)17-8-4-7-14-19-12(2)11-21-14/h5-6,9,11H,3-4,7-8,10H2,1-2H3,(H2,16,17,18). The Kier molecular flexibility index (Phi) is 6.69. The fourth-order valence-electron chi connectivity index (χ4n) is 1.87. The first-order valence-corrected chi connectivity index (χ1v) is 8.99. The SMILES string of the molecule is CCNC(=NCc1cccs1)NCCCc1nc(C)cs1. The summed E-state index contributed by atoms with van der Waals surface area (Å²) in [5.74, 6) is 0.890. The van der Waals surface area contributed by atoms with Crippen LogP contribution in [0.25, 0.3) is 0 Å². The summed E-state index contributed by atoms with van der Waals surface area (Å²) in [7, 11) is 0. The van der Waals surface area contributed by atoms with Gasteiger partial charge in [0, 0.05) is 35.5 Å². The molecule has 0 amide bonds. The van der Waals surface area contributed by atoms with Crippen molar-refractivity contribution in [2.75, 3.05) is 13.1 Å². The molecule has 0 aliphatic carbocycles. The minimum absolute atomic E-state index is 0.735. The van der Waals surface area contributed by atoms with Crippen LogP contribution < -0.4 is 10.6 Å². The van der Waals surface area contributed by atoms with Crippen LogP contribution in [0.3, 0.4) is 0 Å². The maximum Gasteiger partial charge on any atom is 0.191 e. The van der Waals surface area contributed by atoms with Crippen LogP contribution in [0, 0.1) is 6.92 Å². The number of thiazole rings is 1. The predicted molar refractivity (Wildman–Crippen MR) is 92.3 cm³/mol. The average molecular weight is 323 g/mol. The van der Waals surface area contributed by atoms with Crippen LogP contribution in [-0.2, 0) is 13.0 Å². The zero-order chi connectivity index (χ0) is 14.9. The largest absolute Gasteiger partial charge is 0.357 e. The minimum atomic E-state index is 0.735. The molecule has 0 atom stereocenters. The lowest BCUT2D eigenvalue weighted by molar-refractivity contribution is 0.741. The van der Waals surface area contributed by atoms with Gasteiger partial charge in [0.2, 0.25) is 0 Å². The van der Waals surface area contributed by atoms with Crippen molar-refractivity contribution >= 4 is 28.6 Å². The lowest BCUT2D eigenvalue weighted by Crippen LogP contribution is -2.37. The Balaban J connectivity index is 1.73. The third-order valence-electron chi connectivity index (χ3n) is 2.84. The number of rotatable bonds is 7. The molecule has 2 aromatic rings. The van der Waals surface area contributed by atoms with Gasteiger partial charge >= 0.3 is 0 Å². The first-order valence-electron chi connectivity index (χ1n) is 7.23. The van der Waals surface area contributed by atoms with Gasteiger partial charge in [0.1, 0.15) is 0 Å². The molecule has 0 aromatic carbocycles. The molecule has 0 bridgehead atoms. The summed E-state index contributed by atoms with van der Waals surface area (Å²) in [6, 6.07) is 4.18. The Morgan fingerprint density at radius 3 is 2.90 bits per heavy atom. The molecule has 0 unspecified atom stereocenters. The Morgan fingerprint density at radius 1 is 1.33 bits per heavy atom. The van der Waals surface area contributed by atoms with E-state index in [1.165, 1.54) is 9.88 Å². The van der Waals surface area contributed by atoms with Gasteiger partial charge in [0.25, 0.3) is 0 Å². The molecule has 0 saturated heterocycles. The molecule has 4 nitrogen and oxygen atoms in total. The van der Waals surface area contributed by atoms with Crippen molar-refractivity contribution in [3.8, 4) is 0 Å². The maximum atomic E-state index is 4.60. The molecule has 114 valence electrons. The zero-order valence-electron chi connectivity index (χ0n) is 12.6. The summed E-state index contributed by atoms with van der Waals surface area (Å²) in [4.78, 5) is 10.4. The van der Waals surface area contributed by atoms with Crippen LogP contribution in [0.4, 0.5) is 0 Å². The summed E-state index contributed by atoms with van der Waals surface area (Å²) in [6.45, 7) is 6.65. The van der Waals surface area contributed by atoms with Crippen molar-refractivity contribution in [3.63, 3.8) is 0 Å². The highest BCUT2D eigenvalue weighted by molar-refractivity contribution is 7.10. The van der Waals surface area contributed by atoms with Crippen LogP contribution in [0.1, 0.15) is 28.9 Å².